The molecule has 1 aromatic heterocycles. The van der Waals surface area contributed by atoms with E-state index in [2.05, 4.69) is 34.6 Å². The second kappa shape index (κ2) is 7.27. The quantitative estimate of drug-likeness (QED) is 0.558. The molecular weight excluding hydrogens is 348 g/mol. The molecule has 0 saturated heterocycles. The van der Waals surface area contributed by atoms with Gasteiger partial charge in [-0.05, 0) is 67.8 Å². The SMILES string of the molecule is CCc1ccc(-n2nc3ccc(NC(=O)c4ccc(C)cc4C)cc3n2)cc1. The number of hydrogen-bond donors (Lipinski definition) is 1. The van der Waals surface area contributed by atoms with Crippen molar-refractivity contribution in [1.29, 1.82) is 0 Å². The predicted molar refractivity (Wildman–Crippen MR) is 112 cm³/mol. The maximum absolute atomic E-state index is 12.6. The number of carbonyl (C=O) groups excluding carboxylic acids is 1. The summed E-state index contributed by atoms with van der Waals surface area (Å²) < 4.78 is 0. The van der Waals surface area contributed by atoms with Crippen LogP contribution < -0.4 is 5.32 Å². The van der Waals surface area contributed by atoms with E-state index in [1.54, 1.807) is 4.80 Å². The Bertz CT molecular complexity index is 1160. The molecule has 4 rings (SSSR count). The van der Waals surface area contributed by atoms with Crippen LogP contribution in [0.15, 0.2) is 60.7 Å². The van der Waals surface area contributed by atoms with Crippen molar-refractivity contribution in [1.82, 2.24) is 15.0 Å². The Kier molecular flexibility index (Phi) is 4.65. The number of aryl methyl sites for hydroxylation is 3. The van der Waals surface area contributed by atoms with Gasteiger partial charge in [0, 0.05) is 11.3 Å². The van der Waals surface area contributed by atoms with Crippen LogP contribution in [0.5, 0.6) is 0 Å². The van der Waals surface area contributed by atoms with Crippen molar-refractivity contribution in [3.05, 3.63) is 82.9 Å². The summed E-state index contributed by atoms with van der Waals surface area (Å²) in [4.78, 5) is 14.2. The lowest BCUT2D eigenvalue weighted by molar-refractivity contribution is 0.102. The number of rotatable bonds is 4. The van der Waals surface area contributed by atoms with Crippen molar-refractivity contribution in [3.63, 3.8) is 0 Å². The summed E-state index contributed by atoms with van der Waals surface area (Å²) in [5.74, 6) is -0.126. The molecule has 0 bridgehead atoms. The molecule has 28 heavy (non-hydrogen) atoms. The Morgan fingerprint density at radius 2 is 1.68 bits per heavy atom. The van der Waals surface area contributed by atoms with Crippen molar-refractivity contribution in [2.45, 2.75) is 27.2 Å². The molecule has 0 aliphatic heterocycles. The minimum atomic E-state index is -0.126. The smallest absolute Gasteiger partial charge is 0.255 e. The van der Waals surface area contributed by atoms with E-state index in [1.807, 2.05) is 62.4 Å². The maximum atomic E-state index is 12.6. The molecule has 0 aliphatic rings. The van der Waals surface area contributed by atoms with Crippen LogP contribution in [0.25, 0.3) is 16.7 Å². The zero-order valence-electron chi connectivity index (χ0n) is 16.2. The molecule has 1 amide bonds. The van der Waals surface area contributed by atoms with Gasteiger partial charge in [-0.2, -0.15) is 4.80 Å². The first-order chi connectivity index (χ1) is 13.5. The van der Waals surface area contributed by atoms with Crippen LogP contribution in [-0.4, -0.2) is 20.9 Å². The van der Waals surface area contributed by atoms with Gasteiger partial charge in [-0.25, -0.2) is 0 Å². The molecule has 0 fully saturated rings. The second-order valence-corrected chi connectivity index (χ2v) is 6.99. The third kappa shape index (κ3) is 3.51. The predicted octanol–water partition coefficient (Wildman–Crippen LogP) is 4.85. The maximum Gasteiger partial charge on any atom is 0.255 e. The van der Waals surface area contributed by atoms with Crippen molar-refractivity contribution >= 4 is 22.6 Å². The Labute approximate surface area is 164 Å². The molecule has 0 saturated carbocycles. The van der Waals surface area contributed by atoms with Crippen molar-refractivity contribution in [3.8, 4) is 5.69 Å². The Morgan fingerprint density at radius 3 is 2.39 bits per heavy atom. The van der Waals surface area contributed by atoms with Gasteiger partial charge in [0.2, 0.25) is 0 Å². The van der Waals surface area contributed by atoms with Crippen LogP contribution in [0.2, 0.25) is 0 Å². The number of amides is 1. The second-order valence-electron chi connectivity index (χ2n) is 6.99. The number of carbonyl (C=O) groups is 1. The molecular formula is C23H22N4O. The molecule has 0 unspecified atom stereocenters. The Hall–Kier alpha value is -3.47. The van der Waals surface area contributed by atoms with Gasteiger partial charge in [0.05, 0.1) is 5.69 Å². The lowest BCUT2D eigenvalue weighted by atomic mass is 10.1. The fourth-order valence-electron chi connectivity index (χ4n) is 3.24. The summed E-state index contributed by atoms with van der Waals surface area (Å²) in [6, 6.07) is 19.6. The van der Waals surface area contributed by atoms with Gasteiger partial charge in [-0.3, -0.25) is 4.79 Å². The topological polar surface area (TPSA) is 59.8 Å². The van der Waals surface area contributed by atoms with Gasteiger partial charge in [0.1, 0.15) is 11.0 Å². The number of aromatic nitrogens is 3. The van der Waals surface area contributed by atoms with E-state index in [9.17, 15) is 4.79 Å². The number of anilines is 1. The van der Waals surface area contributed by atoms with Crippen LogP contribution in [-0.2, 0) is 6.42 Å². The van der Waals surface area contributed by atoms with E-state index in [1.165, 1.54) is 5.56 Å². The Balaban J connectivity index is 1.59. The Morgan fingerprint density at radius 1 is 0.929 bits per heavy atom. The number of benzene rings is 3. The van der Waals surface area contributed by atoms with Crippen molar-refractivity contribution < 1.29 is 4.79 Å². The van der Waals surface area contributed by atoms with Crippen LogP contribution in [0.1, 0.15) is 34.0 Å². The van der Waals surface area contributed by atoms with E-state index in [0.717, 1.165) is 34.3 Å². The molecule has 1 heterocycles. The van der Waals surface area contributed by atoms with Crippen LogP contribution >= 0.6 is 0 Å². The molecule has 0 spiro atoms. The zero-order valence-corrected chi connectivity index (χ0v) is 16.2. The summed E-state index contributed by atoms with van der Waals surface area (Å²) in [5, 5.41) is 12.1. The highest BCUT2D eigenvalue weighted by Gasteiger charge is 2.11. The summed E-state index contributed by atoms with van der Waals surface area (Å²) >= 11 is 0. The number of nitrogens with zero attached hydrogens (tertiary/aromatic N) is 3. The first-order valence-corrected chi connectivity index (χ1v) is 9.38. The number of nitrogens with one attached hydrogen (secondary N) is 1. The lowest BCUT2D eigenvalue weighted by Crippen LogP contribution is -2.13. The summed E-state index contributed by atoms with van der Waals surface area (Å²) in [7, 11) is 0. The van der Waals surface area contributed by atoms with Gasteiger partial charge in [-0.15, -0.1) is 10.2 Å². The molecule has 5 heteroatoms. The van der Waals surface area contributed by atoms with E-state index < -0.39 is 0 Å². The van der Waals surface area contributed by atoms with Crippen LogP contribution in [0, 0.1) is 13.8 Å². The van der Waals surface area contributed by atoms with Crippen molar-refractivity contribution in [2.24, 2.45) is 0 Å². The summed E-state index contributed by atoms with van der Waals surface area (Å²) in [6.07, 6.45) is 0.998. The minimum absolute atomic E-state index is 0.126. The molecule has 0 radical (unpaired) electrons. The average Bonchev–Trinajstić information content (AvgIpc) is 3.11. The standard InChI is InChI=1S/C23H22N4O/c1-4-17-6-9-19(10-7-17)27-25-21-12-8-18(14-22(21)26-27)24-23(28)20-11-5-15(2)13-16(20)3/h5-14H,4H2,1-3H3,(H,24,28). The monoisotopic (exact) mass is 370 g/mol. The summed E-state index contributed by atoms with van der Waals surface area (Å²) in [6.45, 7) is 6.09. The molecule has 5 nitrogen and oxygen atoms in total. The van der Waals surface area contributed by atoms with Gasteiger partial charge >= 0.3 is 0 Å². The first-order valence-electron chi connectivity index (χ1n) is 9.38. The molecule has 0 atom stereocenters. The number of hydrogen-bond acceptors (Lipinski definition) is 3. The van der Waals surface area contributed by atoms with Crippen LogP contribution in [0.4, 0.5) is 5.69 Å². The zero-order chi connectivity index (χ0) is 19.7. The van der Waals surface area contributed by atoms with Crippen LogP contribution in [0.3, 0.4) is 0 Å². The van der Waals surface area contributed by atoms with E-state index in [0.29, 0.717) is 11.3 Å². The molecule has 3 aromatic carbocycles. The van der Waals surface area contributed by atoms with Gasteiger partial charge < -0.3 is 5.32 Å². The fraction of sp³-hybridized carbons (Fsp3) is 0.174. The average molecular weight is 370 g/mol. The summed E-state index contributed by atoms with van der Waals surface area (Å²) in [5.41, 5.74) is 7.17. The van der Waals surface area contributed by atoms with Gasteiger partial charge in [-0.1, -0.05) is 36.8 Å². The molecule has 4 aromatic rings. The normalized spacial score (nSPS) is 11.0. The highest BCUT2D eigenvalue weighted by Crippen LogP contribution is 2.19. The lowest BCUT2D eigenvalue weighted by Gasteiger charge is -2.08. The van der Waals surface area contributed by atoms with Gasteiger partial charge in [0.15, 0.2) is 0 Å². The van der Waals surface area contributed by atoms with Crippen molar-refractivity contribution in [2.75, 3.05) is 5.32 Å². The van der Waals surface area contributed by atoms with E-state index in [4.69, 9.17) is 0 Å². The highest BCUT2D eigenvalue weighted by molar-refractivity contribution is 6.05. The third-order valence-corrected chi connectivity index (χ3v) is 4.84. The van der Waals surface area contributed by atoms with E-state index >= 15 is 0 Å². The molecule has 1 N–H and O–H groups in total. The van der Waals surface area contributed by atoms with Gasteiger partial charge in [0.25, 0.3) is 5.91 Å². The number of fused-ring (bicyclic) bond motifs is 1. The minimum Gasteiger partial charge on any atom is -0.322 e. The fourth-order valence-corrected chi connectivity index (χ4v) is 3.24. The highest BCUT2D eigenvalue weighted by atomic mass is 16.1. The largest absolute Gasteiger partial charge is 0.322 e. The first kappa shape index (κ1) is 17.9. The van der Waals surface area contributed by atoms with E-state index in [-0.39, 0.29) is 5.91 Å². The third-order valence-electron chi connectivity index (χ3n) is 4.84. The molecule has 140 valence electrons. The molecule has 0 aliphatic carbocycles.